The van der Waals surface area contributed by atoms with Gasteiger partial charge in [0, 0.05) is 17.8 Å². The molecule has 19 heavy (non-hydrogen) atoms. The average Bonchev–Trinajstić information content (AvgIpc) is 2.83. The molecule has 2 rings (SSSR count). The Hall–Kier alpha value is -1.01. The molecule has 0 fully saturated rings. The van der Waals surface area contributed by atoms with E-state index < -0.39 is 5.97 Å². The molecule has 2 unspecified atom stereocenters. The van der Waals surface area contributed by atoms with Crippen LogP contribution in [0, 0.1) is 5.92 Å². The van der Waals surface area contributed by atoms with Crippen molar-refractivity contribution in [3.05, 3.63) is 21.9 Å². The van der Waals surface area contributed by atoms with Crippen molar-refractivity contribution in [1.29, 1.82) is 0 Å². The van der Waals surface area contributed by atoms with Gasteiger partial charge in [-0.3, -0.25) is 9.59 Å². The number of aliphatic carboxylic acids is 1. The summed E-state index contributed by atoms with van der Waals surface area (Å²) in [6.45, 7) is 2.25. The molecule has 0 spiro atoms. The number of fused-ring (bicyclic) bond motifs is 1. The van der Waals surface area contributed by atoms with Crippen molar-refractivity contribution >= 4 is 35.0 Å². The maximum atomic E-state index is 12.2. The molecule has 6 heteroatoms. The predicted octanol–water partition coefficient (Wildman–Crippen LogP) is 2.31. The number of nitrogens with one attached hydrogen (secondary N) is 1. The molecule has 2 atom stereocenters. The minimum Gasteiger partial charge on any atom is -0.481 e. The SMILES string of the molecule is CC(CNC(=O)C1SCCc2sccc21)CC(=O)O. The molecule has 0 aliphatic carbocycles. The first kappa shape index (κ1) is 14.4. The van der Waals surface area contributed by atoms with Crippen LogP contribution in [0.25, 0.3) is 0 Å². The average molecular weight is 299 g/mol. The monoisotopic (exact) mass is 299 g/mol. The third-order valence-electron chi connectivity index (χ3n) is 3.06. The highest BCUT2D eigenvalue weighted by molar-refractivity contribution is 8.00. The zero-order valence-corrected chi connectivity index (χ0v) is 12.4. The van der Waals surface area contributed by atoms with Crippen molar-refractivity contribution in [1.82, 2.24) is 5.32 Å². The number of thiophene rings is 1. The Balaban J connectivity index is 1.90. The van der Waals surface area contributed by atoms with Crippen LogP contribution in [0.5, 0.6) is 0 Å². The molecule has 1 aliphatic rings. The molecule has 1 aliphatic heterocycles. The lowest BCUT2D eigenvalue weighted by molar-refractivity contribution is -0.138. The fourth-order valence-electron chi connectivity index (χ4n) is 2.10. The molecule has 2 heterocycles. The van der Waals surface area contributed by atoms with Crippen molar-refractivity contribution < 1.29 is 14.7 Å². The van der Waals surface area contributed by atoms with Crippen LogP contribution in [-0.2, 0) is 16.0 Å². The summed E-state index contributed by atoms with van der Waals surface area (Å²) in [5.74, 6) is 0.100. The van der Waals surface area contributed by atoms with Crippen LogP contribution in [0.1, 0.15) is 29.0 Å². The Morgan fingerprint density at radius 1 is 1.58 bits per heavy atom. The molecular weight excluding hydrogens is 282 g/mol. The highest BCUT2D eigenvalue weighted by atomic mass is 32.2. The normalized spacial score (nSPS) is 19.5. The van der Waals surface area contributed by atoms with Gasteiger partial charge in [-0.2, -0.15) is 0 Å². The first-order valence-corrected chi connectivity index (χ1v) is 8.18. The molecule has 104 valence electrons. The van der Waals surface area contributed by atoms with Gasteiger partial charge in [0.2, 0.25) is 5.91 Å². The van der Waals surface area contributed by atoms with Crippen molar-refractivity contribution in [2.75, 3.05) is 12.3 Å². The second-order valence-electron chi connectivity index (χ2n) is 4.75. The molecule has 0 aromatic carbocycles. The van der Waals surface area contributed by atoms with Gasteiger partial charge in [-0.15, -0.1) is 23.1 Å². The van der Waals surface area contributed by atoms with Crippen molar-refractivity contribution in [2.24, 2.45) is 5.92 Å². The fraction of sp³-hybridized carbons (Fsp3) is 0.538. The minimum atomic E-state index is -0.825. The summed E-state index contributed by atoms with van der Waals surface area (Å²) in [7, 11) is 0. The molecule has 1 aromatic heterocycles. The summed E-state index contributed by atoms with van der Waals surface area (Å²) in [5, 5.41) is 13.5. The zero-order valence-electron chi connectivity index (χ0n) is 10.7. The lowest BCUT2D eigenvalue weighted by Gasteiger charge is -2.22. The molecule has 0 saturated carbocycles. The quantitative estimate of drug-likeness (QED) is 0.875. The topological polar surface area (TPSA) is 66.4 Å². The van der Waals surface area contributed by atoms with E-state index in [1.807, 2.05) is 18.4 Å². The maximum absolute atomic E-state index is 12.2. The first-order valence-electron chi connectivity index (χ1n) is 6.25. The summed E-state index contributed by atoms with van der Waals surface area (Å²) < 4.78 is 0. The number of thioether (sulfide) groups is 1. The van der Waals surface area contributed by atoms with E-state index in [4.69, 9.17) is 5.11 Å². The largest absolute Gasteiger partial charge is 0.481 e. The van der Waals surface area contributed by atoms with E-state index >= 15 is 0 Å². The minimum absolute atomic E-state index is 0.00147. The summed E-state index contributed by atoms with van der Waals surface area (Å²) >= 11 is 3.37. The highest BCUT2D eigenvalue weighted by Crippen LogP contribution is 2.39. The summed E-state index contributed by atoms with van der Waals surface area (Å²) in [5.41, 5.74) is 1.13. The van der Waals surface area contributed by atoms with Crippen LogP contribution in [-0.4, -0.2) is 29.3 Å². The zero-order chi connectivity index (χ0) is 13.8. The number of carboxylic acid groups (broad SMARTS) is 1. The molecular formula is C13H17NO3S2. The smallest absolute Gasteiger partial charge is 0.303 e. The second-order valence-corrected chi connectivity index (χ2v) is 6.96. The number of carboxylic acids is 1. The predicted molar refractivity (Wildman–Crippen MR) is 77.6 cm³/mol. The fourth-order valence-corrected chi connectivity index (χ4v) is 4.42. The number of hydrogen-bond acceptors (Lipinski definition) is 4. The molecule has 0 radical (unpaired) electrons. The van der Waals surface area contributed by atoms with Gasteiger partial charge in [-0.25, -0.2) is 0 Å². The number of rotatable bonds is 5. The van der Waals surface area contributed by atoms with Gasteiger partial charge < -0.3 is 10.4 Å². The Kier molecular flexibility index (Phi) is 4.87. The van der Waals surface area contributed by atoms with Gasteiger partial charge in [0.1, 0.15) is 5.25 Å². The van der Waals surface area contributed by atoms with Gasteiger partial charge >= 0.3 is 5.97 Å². The third-order valence-corrected chi connectivity index (χ3v) is 5.30. The van der Waals surface area contributed by atoms with Crippen LogP contribution in [0.15, 0.2) is 11.4 Å². The summed E-state index contributed by atoms with van der Waals surface area (Å²) in [6.07, 6.45) is 1.12. The lowest BCUT2D eigenvalue weighted by atomic mass is 10.1. The van der Waals surface area contributed by atoms with Crippen LogP contribution in [0.4, 0.5) is 0 Å². The Bertz CT molecular complexity index is 472. The number of carbonyl (C=O) groups excluding carboxylic acids is 1. The van der Waals surface area contributed by atoms with E-state index in [2.05, 4.69) is 5.32 Å². The summed E-state index contributed by atoms with van der Waals surface area (Å²) in [6, 6.07) is 2.02. The van der Waals surface area contributed by atoms with E-state index in [9.17, 15) is 9.59 Å². The van der Waals surface area contributed by atoms with Crippen LogP contribution < -0.4 is 5.32 Å². The second kappa shape index (κ2) is 6.43. The third kappa shape index (κ3) is 3.73. The Morgan fingerprint density at radius 2 is 2.37 bits per heavy atom. The number of carbonyl (C=O) groups is 2. The first-order chi connectivity index (χ1) is 9.08. The van der Waals surface area contributed by atoms with E-state index in [0.717, 1.165) is 17.7 Å². The van der Waals surface area contributed by atoms with E-state index in [0.29, 0.717) is 6.54 Å². The molecule has 2 N–H and O–H groups in total. The van der Waals surface area contributed by atoms with Crippen molar-refractivity contribution in [3.63, 3.8) is 0 Å². The number of aryl methyl sites for hydroxylation is 1. The summed E-state index contributed by atoms with van der Waals surface area (Å²) in [4.78, 5) is 24.0. The molecule has 0 bridgehead atoms. The van der Waals surface area contributed by atoms with E-state index in [-0.39, 0.29) is 23.5 Å². The Morgan fingerprint density at radius 3 is 3.11 bits per heavy atom. The van der Waals surface area contributed by atoms with Crippen molar-refractivity contribution in [3.8, 4) is 0 Å². The standard InChI is InChI=1S/C13H17NO3S2/c1-8(6-11(15)16)7-14-13(17)12-9-2-4-18-10(9)3-5-19-12/h2,4,8,12H,3,5-7H2,1H3,(H,14,17)(H,15,16). The van der Waals surface area contributed by atoms with Gasteiger partial charge in [-0.05, 0) is 35.1 Å². The van der Waals surface area contributed by atoms with Crippen LogP contribution in [0.3, 0.4) is 0 Å². The van der Waals surface area contributed by atoms with Crippen LogP contribution in [0.2, 0.25) is 0 Å². The molecule has 0 saturated heterocycles. The highest BCUT2D eigenvalue weighted by Gasteiger charge is 2.28. The van der Waals surface area contributed by atoms with Gasteiger partial charge in [0.15, 0.2) is 0 Å². The van der Waals surface area contributed by atoms with Gasteiger partial charge in [-0.1, -0.05) is 6.92 Å². The van der Waals surface area contributed by atoms with Crippen LogP contribution >= 0.6 is 23.1 Å². The van der Waals surface area contributed by atoms with E-state index in [1.54, 1.807) is 23.1 Å². The van der Waals surface area contributed by atoms with Gasteiger partial charge in [0.05, 0.1) is 0 Å². The Labute approximate surface area is 120 Å². The molecule has 1 aromatic rings. The van der Waals surface area contributed by atoms with Crippen molar-refractivity contribution in [2.45, 2.75) is 25.0 Å². The molecule has 4 nitrogen and oxygen atoms in total. The number of hydrogen-bond donors (Lipinski definition) is 2. The van der Waals surface area contributed by atoms with Gasteiger partial charge in [0.25, 0.3) is 0 Å². The maximum Gasteiger partial charge on any atom is 0.303 e. The lowest BCUT2D eigenvalue weighted by Crippen LogP contribution is -2.33. The van der Waals surface area contributed by atoms with E-state index in [1.165, 1.54) is 4.88 Å². The number of amides is 1. The molecule has 1 amide bonds.